The van der Waals surface area contributed by atoms with Gasteiger partial charge in [-0.2, -0.15) is 11.8 Å². The van der Waals surface area contributed by atoms with E-state index < -0.39 is 0 Å². The average Bonchev–Trinajstić information content (AvgIpc) is 2.46. The van der Waals surface area contributed by atoms with Crippen molar-refractivity contribution >= 4 is 28.2 Å². The molecule has 0 aromatic carbocycles. The van der Waals surface area contributed by atoms with Crippen LogP contribution in [-0.2, 0) is 0 Å². The summed E-state index contributed by atoms with van der Waals surface area (Å²) < 4.78 is 0. The van der Waals surface area contributed by atoms with Crippen molar-refractivity contribution in [1.82, 2.24) is 4.98 Å². The molecule has 0 radical (unpaired) electrons. The van der Waals surface area contributed by atoms with Gasteiger partial charge in [-0.3, -0.25) is 0 Å². The first kappa shape index (κ1) is 11.9. The third kappa shape index (κ3) is 3.50. The molecule has 1 heterocycles. The zero-order chi connectivity index (χ0) is 10.6. The lowest BCUT2D eigenvalue weighted by molar-refractivity contribution is 0.852. The molecule has 1 N–H and O–H groups in total. The number of aromatic nitrogens is 1. The van der Waals surface area contributed by atoms with Crippen LogP contribution in [0.25, 0.3) is 0 Å². The van der Waals surface area contributed by atoms with Gasteiger partial charge in [-0.15, -0.1) is 11.3 Å². The van der Waals surface area contributed by atoms with Crippen molar-refractivity contribution in [2.75, 3.05) is 18.1 Å². The second-order valence-electron chi connectivity index (χ2n) is 3.42. The van der Waals surface area contributed by atoms with Crippen LogP contribution in [0.1, 0.15) is 23.9 Å². The van der Waals surface area contributed by atoms with Crippen molar-refractivity contribution in [2.45, 2.75) is 32.4 Å². The third-order valence-corrected chi connectivity index (χ3v) is 4.33. The number of nitrogens with zero attached hydrogens (tertiary/aromatic N) is 1. The summed E-state index contributed by atoms with van der Waals surface area (Å²) in [5, 5.41) is 5.16. The second-order valence-corrected chi connectivity index (χ2v) is 5.90. The number of hydrogen-bond acceptors (Lipinski definition) is 4. The van der Waals surface area contributed by atoms with E-state index in [1.165, 1.54) is 11.3 Å². The van der Waals surface area contributed by atoms with Gasteiger partial charge in [-0.05, 0) is 26.5 Å². The molecular formula is C10H18N2S2. The van der Waals surface area contributed by atoms with E-state index in [-0.39, 0.29) is 0 Å². The van der Waals surface area contributed by atoms with Crippen molar-refractivity contribution < 1.29 is 0 Å². The highest BCUT2D eigenvalue weighted by molar-refractivity contribution is 7.99. The minimum atomic E-state index is 0.727. The highest BCUT2D eigenvalue weighted by Crippen LogP contribution is 2.21. The Labute approximate surface area is 94.5 Å². The predicted octanol–water partition coefficient (Wildman–Crippen LogP) is 3.31. The number of nitrogens with one attached hydrogen (secondary N) is 1. The summed E-state index contributed by atoms with van der Waals surface area (Å²) in [6.07, 6.45) is 3.35. The monoisotopic (exact) mass is 230 g/mol. The first-order valence-corrected chi connectivity index (χ1v) is 6.94. The third-order valence-electron chi connectivity index (χ3n) is 2.26. The summed E-state index contributed by atoms with van der Waals surface area (Å²) >= 11 is 3.66. The number of thioether (sulfide) groups is 1. The summed E-state index contributed by atoms with van der Waals surface area (Å²) in [5.74, 6) is 0. The van der Waals surface area contributed by atoms with E-state index in [2.05, 4.69) is 37.3 Å². The van der Waals surface area contributed by atoms with Gasteiger partial charge in [0.2, 0.25) is 0 Å². The van der Waals surface area contributed by atoms with Crippen LogP contribution in [0.15, 0.2) is 0 Å². The Morgan fingerprint density at radius 1 is 1.50 bits per heavy atom. The van der Waals surface area contributed by atoms with Gasteiger partial charge < -0.3 is 5.32 Å². The van der Waals surface area contributed by atoms with Crippen LogP contribution in [0.2, 0.25) is 0 Å². The maximum absolute atomic E-state index is 4.43. The van der Waals surface area contributed by atoms with E-state index in [0.29, 0.717) is 0 Å². The number of aryl methyl sites for hydroxylation is 2. The summed E-state index contributed by atoms with van der Waals surface area (Å²) in [4.78, 5) is 5.74. The van der Waals surface area contributed by atoms with Gasteiger partial charge in [0, 0.05) is 16.7 Å². The SMILES string of the molecule is CSC(C)CCNc1nc(C)c(C)s1. The van der Waals surface area contributed by atoms with Gasteiger partial charge in [0.1, 0.15) is 0 Å². The van der Waals surface area contributed by atoms with Crippen LogP contribution < -0.4 is 5.32 Å². The molecule has 0 saturated heterocycles. The van der Waals surface area contributed by atoms with E-state index >= 15 is 0 Å². The maximum Gasteiger partial charge on any atom is 0.183 e. The summed E-state index contributed by atoms with van der Waals surface area (Å²) in [5.41, 5.74) is 1.15. The molecule has 0 aliphatic rings. The quantitative estimate of drug-likeness (QED) is 0.840. The van der Waals surface area contributed by atoms with Crippen LogP contribution in [0.4, 0.5) is 5.13 Å². The topological polar surface area (TPSA) is 24.9 Å². The molecule has 0 amide bonds. The molecule has 0 fully saturated rings. The Morgan fingerprint density at radius 2 is 2.21 bits per heavy atom. The molecule has 0 spiro atoms. The van der Waals surface area contributed by atoms with Crippen LogP contribution in [0.3, 0.4) is 0 Å². The van der Waals surface area contributed by atoms with Crippen LogP contribution in [-0.4, -0.2) is 23.0 Å². The van der Waals surface area contributed by atoms with Crippen molar-refractivity contribution in [1.29, 1.82) is 0 Å². The minimum absolute atomic E-state index is 0.727. The van der Waals surface area contributed by atoms with Crippen molar-refractivity contribution in [3.05, 3.63) is 10.6 Å². The Morgan fingerprint density at radius 3 is 2.71 bits per heavy atom. The fourth-order valence-electron chi connectivity index (χ4n) is 1.05. The van der Waals surface area contributed by atoms with Gasteiger partial charge in [-0.1, -0.05) is 6.92 Å². The number of anilines is 1. The molecule has 0 aliphatic heterocycles. The Hall–Kier alpha value is -0.220. The minimum Gasteiger partial charge on any atom is -0.361 e. The van der Waals surface area contributed by atoms with Crippen LogP contribution >= 0.6 is 23.1 Å². The Bertz CT molecular complexity index is 264. The van der Waals surface area contributed by atoms with E-state index in [9.17, 15) is 0 Å². The van der Waals surface area contributed by atoms with Crippen molar-refractivity contribution in [3.63, 3.8) is 0 Å². The van der Waals surface area contributed by atoms with Gasteiger partial charge in [0.05, 0.1) is 5.69 Å². The predicted molar refractivity (Wildman–Crippen MR) is 67.7 cm³/mol. The molecule has 0 saturated carbocycles. The standard InChI is InChI=1S/C10H18N2S2/c1-7(13-4)5-6-11-10-12-8(2)9(3)14-10/h7H,5-6H2,1-4H3,(H,11,12). The van der Waals surface area contributed by atoms with Crippen LogP contribution in [0.5, 0.6) is 0 Å². The molecule has 1 atom stereocenters. The normalized spacial score (nSPS) is 12.9. The largest absolute Gasteiger partial charge is 0.361 e. The highest BCUT2D eigenvalue weighted by atomic mass is 32.2. The Balaban J connectivity index is 2.31. The van der Waals surface area contributed by atoms with Crippen LogP contribution in [0, 0.1) is 13.8 Å². The Kier molecular flexibility index (Phi) is 4.75. The lowest BCUT2D eigenvalue weighted by atomic mass is 10.3. The lowest BCUT2D eigenvalue weighted by Crippen LogP contribution is -2.07. The first-order valence-electron chi connectivity index (χ1n) is 4.84. The number of hydrogen-bond donors (Lipinski definition) is 1. The molecule has 2 nitrogen and oxygen atoms in total. The molecule has 0 bridgehead atoms. The van der Waals surface area contributed by atoms with Crippen molar-refractivity contribution in [2.24, 2.45) is 0 Å². The fourth-order valence-corrected chi connectivity index (χ4v) is 2.24. The van der Waals surface area contributed by atoms with Gasteiger partial charge >= 0.3 is 0 Å². The smallest absolute Gasteiger partial charge is 0.183 e. The molecule has 80 valence electrons. The van der Waals surface area contributed by atoms with Gasteiger partial charge in [0.25, 0.3) is 0 Å². The summed E-state index contributed by atoms with van der Waals surface area (Å²) in [7, 11) is 0. The van der Waals surface area contributed by atoms with Crippen molar-refractivity contribution in [3.8, 4) is 0 Å². The first-order chi connectivity index (χ1) is 6.63. The number of rotatable bonds is 5. The molecule has 0 aliphatic carbocycles. The molecule has 14 heavy (non-hydrogen) atoms. The lowest BCUT2D eigenvalue weighted by Gasteiger charge is -2.07. The van der Waals surface area contributed by atoms with E-state index in [1.54, 1.807) is 11.3 Å². The summed E-state index contributed by atoms with van der Waals surface area (Å²) in [6.45, 7) is 7.45. The van der Waals surface area contributed by atoms with Gasteiger partial charge in [-0.25, -0.2) is 4.98 Å². The molecular weight excluding hydrogens is 212 g/mol. The van der Waals surface area contributed by atoms with Gasteiger partial charge in [0.15, 0.2) is 5.13 Å². The molecule has 1 aromatic heterocycles. The molecule has 1 rings (SSSR count). The van der Waals surface area contributed by atoms with E-state index in [1.807, 2.05) is 11.8 Å². The molecule has 4 heteroatoms. The number of thiazole rings is 1. The summed E-state index contributed by atoms with van der Waals surface area (Å²) in [6, 6.07) is 0. The second kappa shape index (κ2) is 5.61. The van der Waals surface area contributed by atoms with E-state index in [4.69, 9.17) is 0 Å². The highest BCUT2D eigenvalue weighted by Gasteiger charge is 2.03. The zero-order valence-corrected chi connectivity index (χ0v) is 10.9. The molecule has 1 unspecified atom stereocenters. The maximum atomic E-state index is 4.43. The zero-order valence-electron chi connectivity index (χ0n) is 9.26. The fraction of sp³-hybridized carbons (Fsp3) is 0.700. The molecule has 1 aromatic rings. The average molecular weight is 230 g/mol. The van der Waals surface area contributed by atoms with E-state index in [0.717, 1.165) is 22.6 Å².